The standard InChI is InChI=1S/C18H21ClN4O4/c1-2-27-17(26)14-15(12-3-5-13(19)6-4-12)20-18(21-16(14)25)23-9-7-22(11-24)8-10-23/h3-6,11,14-15H,2,7-10H2,1H3,(H,20,21,25)/t14-,15+/m0/s1. The molecule has 2 amide bonds. The Labute approximate surface area is 162 Å². The zero-order chi connectivity index (χ0) is 19.4. The van der Waals surface area contributed by atoms with E-state index in [1.165, 1.54) is 0 Å². The van der Waals surface area contributed by atoms with Crippen LogP contribution in [0.2, 0.25) is 5.02 Å². The van der Waals surface area contributed by atoms with Gasteiger partial charge in [0, 0.05) is 31.2 Å². The first kappa shape index (κ1) is 19.2. The maximum Gasteiger partial charge on any atom is 0.321 e. The fourth-order valence-corrected chi connectivity index (χ4v) is 3.29. The molecule has 144 valence electrons. The lowest BCUT2D eigenvalue weighted by molar-refractivity contribution is -0.153. The molecule has 9 heteroatoms. The highest BCUT2D eigenvalue weighted by atomic mass is 35.5. The van der Waals surface area contributed by atoms with Gasteiger partial charge in [0.05, 0.1) is 6.61 Å². The summed E-state index contributed by atoms with van der Waals surface area (Å²) in [5.74, 6) is -1.71. The molecule has 0 spiro atoms. The van der Waals surface area contributed by atoms with Gasteiger partial charge in [-0.25, -0.2) is 4.99 Å². The Morgan fingerprint density at radius 2 is 1.96 bits per heavy atom. The summed E-state index contributed by atoms with van der Waals surface area (Å²) in [5.41, 5.74) is 0.705. The molecule has 1 N–H and O–H groups in total. The number of guanidine groups is 1. The quantitative estimate of drug-likeness (QED) is 0.465. The van der Waals surface area contributed by atoms with Crippen molar-refractivity contribution in [3.63, 3.8) is 0 Å². The number of rotatable bonds is 4. The molecule has 3 rings (SSSR count). The molecule has 2 aliphatic heterocycles. The van der Waals surface area contributed by atoms with Gasteiger partial charge in [-0.05, 0) is 24.6 Å². The van der Waals surface area contributed by atoms with Crippen LogP contribution in [0.25, 0.3) is 0 Å². The highest BCUT2D eigenvalue weighted by Gasteiger charge is 2.42. The van der Waals surface area contributed by atoms with E-state index in [-0.39, 0.29) is 6.61 Å². The molecule has 1 aromatic rings. The van der Waals surface area contributed by atoms with Crippen LogP contribution in [0, 0.1) is 5.92 Å². The van der Waals surface area contributed by atoms with Crippen molar-refractivity contribution in [1.29, 1.82) is 0 Å². The number of ether oxygens (including phenoxy) is 1. The normalized spacial score (nSPS) is 22.7. The molecule has 0 aromatic heterocycles. The number of amides is 2. The average Bonchev–Trinajstić information content (AvgIpc) is 2.68. The summed E-state index contributed by atoms with van der Waals surface area (Å²) in [6.07, 6.45) is 0.811. The van der Waals surface area contributed by atoms with Gasteiger partial charge in [-0.15, -0.1) is 0 Å². The molecule has 0 saturated carbocycles. The maximum atomic E-state index is 12.7. The van der Waals surface area contributed by atoms with Crippen LogP contribution in [0.5, 0.6) is 0 Å². The molecule has 1 aromatic carbocycles. The molecule has 1 fully saturated rings. The minimum absolute atomic E-state index is 0.181. The molecule has 8 nitrogen and oxygen atoms in total. The lowest BCUT2D eigenvalue weighted by atomic mass is 9.91. The van der Waals surface area contributed by atoms with Crippen molar-refractivity contribution < 1.29 is 19.1 Å². The Balaban J connectivity index is 1.91. The molecule has 1 saturated heterocycles. The smallest absolute Gasteiger partial charge is 0.321 e. The molecule has 2 atom stereocenters. The number of aliphatic imine (C=N–C) groups is 1. The largest absolute Gasteiger partial charge is 0.465 e. The number of nitrogens with one attached hydrogen (secondary N) is 1. The first-order chi connectivity index (χ1) is 13.0. The Hall–Kier alpha value is -2.61. The molecular formula is C18H21ClN4O4. The predicted molar refractivity (Wildman–Crippen MR) is 99.1 cm³/mol. The monoisotopic (exact) mass is 392 g/mol. The van der Waals surface area contributed by atoms with E-state index in [0.717, 1.165) is 6.41 Å². The predicted octanol–water partition coefficient (Wildman–Crippen LogP) is 0.820. The second kappa shape index (κ2) is 8.39. The highest BCUT2D eigenvalue weighted by molar-refractivity contribution is 6.30. The van der Waals surface area contributed by atoms with Gasteiger partial charge in [0.25, 0.3) is 0 Å². The zero-order valence-corrected chi connectivity index (χ0v) is 15.7. The number of halogens is 1. The van der Waals surface area contributed by atoms with Gasteiger partial charge in [0.2, 0.25) is 18.3 Å². The van der Waals surface area contributed by atoms with Crippen molar-refractivity contribution >= 4 is 35.8 Å². The Bertz CT molecular complexity index is 744. The minimum Gasteiger partial charge on any atom is -0.465 e. The number of carbonyl (C=O) groups excluding carboxylic acids is 3. The molecular weight excluding hydrogens is 372 g/mol. The first-order valence-electron chi connectivity index (χ1n) is 8.78. The van der Waals surface area contributed by atoms with Crippen molar-refractivity contribution in [3.8, 4) is 0 Å². The molecule has 0 radical (unpaired) electrons. The third-order valence-electron chi connectivity index (χ3n) is 4.61. The molecule has 0 aliphatic carbocycles. The van der Waals surface area contributed by atoms with Crippen LogP contribution in [-0.4, -0.2) is 66.8 Å². The van der Waals surface area contributed by atoms with Gasteiger partial charge in [-0.1, -0.05) is 23.7 Å². The van der Waals surface area contributed by atoms with Crippen LogP contribution >= 0.6 is 11.6 Å². The Morgan fingerprint density at radius 3 is 2.56 bits per heavy atom. The number of piperazine rings is 1. The summed E-state index contributed by atoms with van der Waals surface area (Å²) in [6.45, 7) is 4.07. The van der Waals surface area contributed by atoms with Crippen LogP contribution in [0.3, 0.4) is 0 Å². The van der Waals surface area contributed by atoms with E-state index in [9.17, 15) is 14.4 Å². The minimum atomic E-state index is -1.06. The number of esters is 1. The van der Waals surface area contributed by atoms with Crippen LogP contribution in [-0.2, 0) is 19.1 Å². The lowest BCUT2D eigenvalue weighted by Crippen LogP contribution is -2.57. The van der Waals surface area contributed by atoms with E-state index in [1.807, 2.05) is 4.90 Å². The Morgan fingerprint density at radius 1 is 1.30 bits per heavy atom. The van der Waals surface area contributed by atoms with Gasteiger partial charge in [-0.3, -0.25) is 19.7 Å². The van der Waals surface area contributed by atoms with Crippen LogP contribution in [0.15, 0.2) is 29.3 Å². The fraction of sp³-hybridized carbons (Fsp3) is 0.444. The van der Waals surface area contributed by atoms with E-state index in [1.54, 1.807) is 36.1 Å². The molecule has 2 heterocycles. The molecule has 27 heavy (non-hydrogen) atoms. The summed E-state index contributed by atoms with van der Waals surface area (Å²) >= 11 is 5.96. The van der Waals surface area contributed by atoms with Gasteiger partial charge in [0.1, 0.15) is 6.04 Å². The van der Waals surface area contributed by atoms with Gasteiger partial charge < -0.3 is 14.5 Å². The SMILES string of the molecule is CCOC(=O)[C@@H]1C(=O)NC(N2CCN(C=O)CC2)=N[C@@H]1c1ccc(Cl)cc1. The number of benzene rings is 1. The second-order valence-corrected chi connectivity index (χ2v) is 6.73. The topological polar surface area (TPSA) is 91.3 Å². The second-order valence-electron chi connectivity index (χ2n) is 6.30. The number of hydrogen-bond donors (Lipinski definition) is 1. The summed E-state index contributed by atoms with van der Waals surface area (Å²) in [6, 6.07) is 6.20. The van der Waals surface area contributed by atoms with E-state index >= 15 is 0 Å². The zero-order valence-electron chi connectivity index (χ0n) is 14.9. The number of hydrogen-bond acceptors (Lipinski definition) is 6. The van der Waals surface area contributed by atoms with Crippen molar-refractivity contribution in [2.24, 2.45) is 10.9 Å². The first-order valence-corrected chi connectivity index (χ1v) is 9.16. The van der Waals surface area contributed by atoms with Crippen molar-refractivity contribution in [2.75, 3.05) is 32.8 Å². The van der Waals surface area contributed by atoms with Crippen LogP contribution in [0.4, 0.5) is 0 Å². The third kappa shape index (κ3) is 4.21. The molecule has 2 aliphatic rings. The van der Waals surface area contributed by atoms with Gasteiger partial charge in [-0.2, -0.15) is 0 Å². The van der Waals surface area contributed by atoms with E-state index in [4.69, 9.17) is 16.3 Å². The van der Waals surface area contributed by atoms with Gasteiger partial charge in [0.15, 0.2) is 5.92 Å². The van der Waals surface area contributed by atoms with Crippen LogP contribution < -0.4 is 5.32 Å². The average molecular weight is 393 g/mol. The Kier molecular flexibility index (Phi) is 5.95. The van der Waals surface area contributed by atoms with Crippen molar-refractivity contribution in [1.82, 2.24) is 15.1 Å². The third-order valence-corrected chi connectivity index (χ3v) is 4.86. The number of nitrogens with zero attached hydrogens (tertiary/aromatic N) is 3. The van der Waals surface area contributed by atoms with E-state index < -0.39 is 23.8 Å². The molecule has 0 bridgehead atoms. The highest BCUT2D eigenvalue weighted by Crippen LogP contribution is 2.31. The maximum absolute atomic E-state index is 12.7. The van der Waals surface area contributed by atoms with Crippen molar-refractivity contribution in [2.45, 2.75) is 13.0 Å². The summed E-state index contributed by atoms with van der Waals surface area (Å²) in [5, 5.41) is 3.28. The lowest BCUT2D eigenvalue weighted by Gasteiger charge is -2.37. The van der Waals surface area contributed by atoms with Gasteiger partial charge >= 0.3 is 5.97 Å². The summed E-state index contributed by atoms with van der Waals surface area (Å²) in [4.78, 5) is 44.2. The molecule has 0 unspecified atom stereocenters. The van der Waals surface area contributed by atoms with E-state index in [2.05, 4.69) is 10.3 Å². The van der Waals surface area contributed by atoms with Crippen molar-refractivity contribution in [3.05, 3.63) is 34.9 Å². The number of carbonyl (C=O) groups is 3. The van der Waals surface area contributed by atoms with E-state index in [0.29, 0.717) is 42.7 Å². The summed E-state index contributed by atoms with van der Waals surface area (Å²) in [7, 11) is 0. The van der Waals surface area contributed by atoms with Crippen LogP contribution in [0.1, 0.15) is 18.5 Å². The fourth-order valence-electron chi connectivity index (χ4n) is 3.16. The summed E-state index contributed by atoms with van der Waals surface area (Å²) < 4.78 is 5.08.